The Balaban J connectivity index is 1.47. The second-order valence-corrected chi connectivity index (χ2v) is 7.92. The number of ether oxygens (including phenoxy) is 1. The summed E-state index contributed by atoms with van der Waals surface area (Å²) in [5.74, 6) is 2.19. The van der Waals surface area contributed by atoms with Crippen LogP contribution in [0.2, 0.25) is 0 Å². The highest BCUT2D eigenvalue weighted by atomic mass is 32.2. The summed E-state index contributed by atoms with van der Waals surface area (Å²) in [6, 6.07) is 22.1. The fourth-order valence-electron chi connectivity index (χ4n) is 3.65. The van der Waals surface area contributed by atoms with E-state index in [9.17, 15) is 4.79 Å². The van der Waals surface area contributed by atoms with Gasteiger partial charge in [-0.2, -0.15) is 10.2 Å². The fourth-order valence-corrected chi connectivity index (χ4v) is 4.64. The van der Waals surface area contributed by atoms with Crippen molar-refractivity contribution in [2.24, 2.45) is 10.2 Å². The number of rotatable bonds is 1. The average molecular weight is 398 g/mol. The molecule has 3 heterocycles. The third kappa shape index (κ3) is 2.62. The Hall–Kier alpha value is -3.58. The highest BCUT2D eigenvalue weighted by Gasteiger charge is 2.30. The second kappa shape index (κ2) is 6.22. The van der Waals surface area contributed by atoms with E-state index in [-0.39, 0.29) is 12.5 Å². The lowest BCUT2D eigenvalue weighted by Crippen LogP contribution is -2.45. The smallest absolute Gasteiger partial charge is 0.261 e. The minimum absolute atomic E-state index is 0.146. The van der Waals surface area contributed by atoms with Crippen molar-refractivity contribution < 1.29 is 9.53 Å². The Morgan fingerprint density at radius 1 is 0.931 bits per heavy atom. The first-order chi connectivity index (χ1) is 14.3. The predicted octanol–water partition coefficient (Wildman–Crippen LogP) is 3.80. The lowest BCUT2D eigenvalue weighted by atomic mass is 9.95. The standard InChI is InChI=1S/C22H14N4O2S/c27-20-12-26-22(24-23-20)15-6-2-1-5-14(15)21(25-26)13-9-10-17-19(11-13)29-18-8-4-3-7-16(18)28-17/h1-11H,12H2,(H,23,27). The molecular formula is C22H14N4O2S. The van der Waals surface area contributed by atoms with Gasteiger partial charge in [0.1, 0.15) is 18.0 Å². The van der Waals surface area contributed by atoms with Crippen LogP contribution in [0, 0.1) is 0 Å². The van der Waals surface area contributed by atoms with Gasteiger partial charge in [0.2, 0.25) is 0 Å². The SMILES string of the molecule is O=C1CN2N=C(c3ccc4c(c3)Sc3ccccc3O4)c3ccccc3C2=NN1. The van der Waals surface area contributed by atoms with Gasteiger partial charge in [-0.25, -0.2) is 10.4 Å². The number of hydrazone groups is 2. The Morgan fingerprint density at radius 3 is 2.66 bits per heavy atom. The lowest BCUT2D eigenvalue weighted by molar-refractivity contribution is -0.122. The topological polar surface area (TPSA) is 66.3 Å². The molecule has 3 aromatic rings. The van der Waals surface area contributed by atoms with Crippen molar-refractivity contribution in [1.29, 1.82) is 0 Å². The molecule has 6 nitrogen and oxygen atoms in total. The van der Waals surface area contributed by atoms with Crippen LogP contribution in [0.5, 0.6) is 11.5 Å². The molecular weight excluding hydrogens is 384 g/mol. The van der Waals surface area contributed by atoms with Gasteiger partial charge < -0.3 is 4.74 Å². The maximum Gasteiger partial charge on any atom is 0.261 e. The van der Waals surface area contributed by atoms with Gasteiger partial charge in [-0.3, -0.25) is 4.79 Å². The van der Waals surface area contributed by atoms with Gasteiger partial charge in [-0.05, 0) is 30.3 Å². The summed E-state index contributed by atoms with van der Waals surface area (Å²) >= 11 is 1.68. The molecule has 1 N–H and O–H groups in total. The molecule has 0 bridgehead atoms. The maximum atomic E-state index is 11.8. The number of fused-ring (bicyclic) bond motifs is 5. The first kappa shape index (κ1) is 16.4. The Bertz CT molecular complexity index is 1250. The van der Waals surface area contributed by atoms with E-state index in [4.69, 9.17) is 9.84 Å². The quantitative estimate of drug-likeness (QED) is 0.530. The molecule has 7 heteroatoms. The number of amides is 1. The maximum absolute atomic E-state index is 11.8. The first-order valence-electron chi connectivity index (χ1n) is 9.18. The van der Waals surface area contributed by atoms with Crippen molar-refractivity contribution in [3.63, 3.8) is 0 Å². The van der Waals surface area contributed by atoms with Gasteiger partial charge in [-0.15, -0.1) is 0 Å². The molecule has 3 aliphatic rings. The molecule has 6 rings (SSSR count). The molecule has 0 radical (unpaired) electrons. The van der Waals surface area contributed by atoms with Crippen LogP contribution < -0.4 is 10.2 Å². The summed E-state index contributed by atoms with van der Waals surface area (Å²) < 4.78 is 6.05. The Morgan fingerprint density at radius 2 is 1.72 bits per heavy atom. The van der Waals surface area contributed by atoms with Gasteiger partial charge in [0.05, 0.1) is 15.5 Å². The summed E-state index contributed by atoms with van der Waals surface area (Å²) in [6.07, 6.45) is 0. The van der Waals surface area contributed by atoms with Gasteiger partial charge in [0, 0.05) is 16.7 Å². The molecule has 0 aliphatic carbocycles. The number of amidine groups is 1. The third-order valence-electron chi connectivity index (χ3n) is 4.97. The molecule has 140 valence electrons. The van der Waals surface area contributed by atoms with Crippen molar-refractivity contribution in [3.8, 4) is 11.5 Å². The van der Waals surface area contributed by atoms with Gasteiger partial charge in [-0.1, -0.05) is 48.2 Å². The summed E-state index contributed by atoms with van der Waals surface area (Å²) in [4.78, 5) is 14.0. The largest absolute Gasteiger partial charge is 0.455 e. The molecule has 0 atom stereocenters. The van der Waals surface area contributed by atoms with Crippen molar-refractivity contribution >= 4 is 29.2 Å². The van der Waals surface area contributed by atoms with Crippen molar-refractivity contribution in [1.82, 2.24) is 10.4 Å². The van der Waals surface area contributed by atoms with E-state index < -0.39 is 0 Å². The predicted molar refractivity (Wildman–Crippen MR) is 111 cm³/mol. The number of nitrogens with zero attached hydrogens (tertiary/aromatic N) is 3. The van der Waals surface area contributed by atoms with E-state index in [1.54, 1.807) is 16.8 Å². The zero-order chi connectivity index (χ0) is 19.4. The van der Waals surface area contributed by atoms with Crippen LogP contribution in [-0.2, 0) is 4.79 Å². The summed E-state index contributed by atoms with van der Waals surface area (Å²) in [5.41, 5.74) is 6.27. The van der Waals surface area contributed by atoms with Crippen LogP contribution in [0.15, 0.2) is 86.7 Å². The van der Waals surface area contributed by atoms with Crippen molar-refractivity contribution in [3.05, 3.63) is 83.4 Å². The number of nitrogens with one attached hydrogen (secondary N) is 1. The number of hydrogen-bond acceptors (Lipinski definition) is 6. The highest BCUT2D eigenvalue weighted by Crippen LogP contribution is 2.47. The van der Waals surface area contributed by atoms with E-state index in [1.165, 1.54) is 0 Å². The number of benzene rings is 3. The molecule has 0 saturated heterocycles. The second-order valence-electron chi connectivity index (χ2n) is 6.83. The van der Waals surface area contributed by atoms with Crippen LogP contribution in [-0.4, -0.2) is 29.0 Å². The van der Waals surface area contributed by atoms with Crippen LogP contribution in [0.4, 0.5) is 0 Å². The van der Waals surface area contributed by atoms with Crippen LogP contribution >= 0.6 is 11.8 Å². The zero-order valence-corrected chi connectivity index (χ0v) is 15.9. The minimum Gasteiger partial charge on any atom is -0.455 e. The molecule has 0 aromatic heterocycles. The zero-order valence-electron chi connectivity index (χ0n) is 15.1. The monoisotopic (exact) mass is 398 g/mol. The third-order valence-corrected chi connectivity index (χ3v) is 6.07. The van der Waals surface area contributed by atoms with E-state index in [0.29, 0.717) is 5.84 Å². The van der Waals surface area contributed by atoms with Crippen LogP contribution in [0.1, 0.15) is 16.7 Å². The van der Waals surface area contributed by atoms with Gasteiger partial charge in [0.25, 0.3) is 5.91 Å². The van der Waals surface area contributed by atoms with Crippen molar-refractivity contribution in [2.45, 2.75) is 9.79 Å². The van der Waals surface area contributed by atoms with Crippen LogP contribution in [0.25, 0.3) is 0 Å². The summed E-state index contributed by atoms with van der Waals surface area (Å²) in [7, 11) is 0. The molecule has 0 unspecified atom stereocenters. The van der Waals surface area contributed by atoms with Crippen LogP contribution in [0.3, 0.4) is 0 Å². The van der Waals surface area contributed by atoms with E-state index in [1.807, 2.05) is 54.6 Å². The van der Waals surface area contributed by atoms with Gasteiger partial charge >= 0.3 is 0 Å². The number of para-hydroxylation sites is 1. The Kier molecular flexibility index (Phi) is 3.51. The van der Waals surface area contributed by atoms with Crippen molar-refractivity contribution in [2.75, 3.05) is 6.54 Å². The first-order valence-corrected chi connectivity index (χ1v) is 9.99. The fraction of sp³-hybridized carbons (Fsp3) is 0.0455. The summed E-state index contributed by atoms with van der Waals surface area (Å²) in [5, 5.41) is 10.6. The minimum atomic E-state index is -0.178. The molecule has 29 heavy (non-hydrogen) atoms. The van der Waals surface area contributed by atoms with Gasteiger partial charge in [0.15, 0.2) is 5.84 Å². The molecule has 0 fully saturated rings. The highest BCUT2D eigenvalue weighted by molar-refractivity contribution is 7.99. The number of hydrogen-bond donors (Lipinski definition) is 1. The molecule has 0 saturated carbocycles. The lowest BCUT2D eigenvalue weighted by Gasteiger charge is -2.30. The molecule has 3 aromatic carbocycles. The van der Waals surface area contributed by atoms with E-state index in [0.717, 1.165) is 43.7 Å². The summed E-state index contributed by atoms with van der Waals surface area (Å²) in [6.45, 7) is 0.146. The number of carbonyl (C=O) groups excluding carboxylic acids is 1. The van der Waals surface area contributed by atoms with E-state index in [2.05, 4.69) is 22.7 Å². The van der Waals surface area contributed by atoms with E-state index >= 15 is 0 Å². The molecule has 0 spiro atoms. The normalized spacial score (nSPS) is 16.3. The average Bonchev–Trinajstić information content (AvgIpc) is 2.76. The molecule has 1 amide bonds. The number of carbonyl (C=O) groups is 1. The Labute approximate surface area is 170 Å². The molecule has 3 aliphatic heterocycles.